The number of rotatable bonds is 6. The fourth-order valence-electron chi connectivity index (χ4n) is 2.11. The largest absolute Gasteiger partial charge is 0.497 e. The molecule has 2 aromatic carbocycles. The van der Waals surface area contributed by atoms with Crippen molar-refractivity contribution in [3.63, 3.8) is 0 Å². The lowest BCUT2D eigenvalue weighted by molar-refractivity contribution is -0.116. The van der Waals surface area contributed by atoms with Crippen molar-refractivity contribution in [2.75, 3.05) is 18.7 Å². The van der Waals surface area contributed by atoms with E-state index >= 15 is 0 Å². The Labute approximate surface area is 136 Å². The summed E-state index contributed by atoms with van der Waals surface area (Å²) in [5, 5.41) is 2.72. The van der Waals surface area contributed by atoms with Gasteiger partial charge < -0.3 is 10.1 Å². The zero-order chi connectivity index (χ0) is 16.9. The smallest absolute Gasteiger partial charge is 0.224 e. The first kappa shape index (κ1) is 17.0. The minimum atomic E-state index is -3.29. The van der Waals surface area contributed by atoms with Crippen molar-refractivity contribution >= 4 is 21.4 Å². The summed E-state index contributed by atoms with van der Waals surface area (Å²) in [4.78, 5) is 12.2. The van der Waals surface area contributed by atoms with Crippen LogP contribution in [-0.4, -0.2) is 27.7 Å². The fourth-order valence-corrected chi connectivity index (χ4v) is 2.78. The number of hydrogen-bond donors (Lipinski definition) is 1. The molecule has 0 aliphatic heterocycles. The number of ether oxygens (including phenoxy) is 1. The van der Waals surface area contributed by atoms with E-state index in [1.807, 2.05) is 24.3 Å². The molecule has 0 aromatic heterocycles. The van der Waals surface area contributed by atoms with E-state index in [1.165, 1.54) is 12.1 Å². The van der Waals surface area contributed by atoms with Crippen molar-refractivity contribution in [3.8, 4) is 5.75 Å². The van der Waals surface area contributed by atoms with Crippen LogP contribution < -0.4 is 10.1 Å². The number of methoxy groups -OCH3 is 1. The second kappa shape index (κ2) is 7.28. The maximum atomic E-state index is 12.0. The first-order valence-corrected chi connectivity index (χ1v) is 9.00. The van der Waals surface area contributed by atoms with Crippen LogP contribution in [0.15, 0.2) is 53.4 Å². The third-order valence-corrected chi connectivity index (χ3v) is 4.43. The molecular formula is C17H19NO4S. The second-order valence-corrected chi connectivity index (χ2v) is 7.22. The number of nitrogens with one attached hydrogen (secondary N) is 1. The van der Waals surface area contributed by atoms with Crippen LogP contribution in [-0.2, 0) is 21.1 Å². The Hall–Kier alpha value is -2.34. The zero-order valence-corrected chi connectivity index (χ0v) is 13.9. The molecule has 0 aliphatic rings. The van der Waals surface area contributed by atoms with Crippen molar-refractivity contribution in [2.45, 2.75) is 17.7 Å². The third-order valence-electron chi connectivity index (χ3n) is 3.32. The van der Waals surface area contributed by atoms with E-state index in [1.54, 1.807) is 19.2 Å². The molecule has 0 spiro atoms. The molecule has 0 saturated heterocycles. The summed E-state index contributed by atoms with van der Waals surface area (Å²) >= 11 is 0. The molecule has 5 nitrogen and oxygen atoms in total. The predicted molar refractivity (Wildman–Crippen MR) is 89.5 cm³/mol. The Morgan fingerprint density at radius 1 is 1.13 bits per heavy atom. The number of aryl methyl sites for hydroxylation is 1. The van der Waals surface area contributed by atoms with Gasteiger partial charge in [0.25, 0.3) is 0 Å². The summed E-state index contributed by atoms with van der Waals surface area (Å²) in [5.41, 5.74) is 1.48. The first-order chi connectivity index (χ1) is 10.9. The monoisotopic (exact) mass is 333 g/mol. The highest BCUT2D eigenvalue weighted by Gasteiger charge is 2.09. The number of amides is 1. The maximum absolute atomic E-state index is 12.0. The molecule has 2 rings (SSSR count). The van der Waals surface area contributed by atoms with Gasteiger partial charge in [-0.25, -0.2) is 8.42 Å². The van der Waals surface area contributed by atoms with Crippen LogP contribution >= 0.6 is 0 Å². The van der Waals surface area contributed by atoms with Crippen molar-refractivity contribution in [1.82, 2.24) is 0 Å². The quantitative estimate of drug-likeness (QED) is 0.882. The normalized spacial score (nSPS) is 11.0. The molecule has 0 saturated carbocycles. The number of carbonyl (C=O) groups is 1. The van der Waals surface area contributed by atoms with Gasteiger partial charge in [0.15, 0.2) is 9.84 Å². The van der Waals surface area contributed by atoms with Gasteiger partial charge in [0.05, 0.1) is 12.0 Å². The molecule has 122 valence electrons. The molecule has 0 unspecified atom stereocenters. The van der Waals surface area contributed by atoms with Crippen molar-refractivity contribution in [1.29, 1.82) is 0 Å². The molecule has 0 radical (unpaired) electrons. The highest BCUT2D eigenvalue weighted by Crippen LogP contribution is 2.17. The summed E-state index contributed by atoms with van der Waals surface area (Å²) in [6.45, 7) is 0. The van der Waals surface area contributed by atoms with Gasteiger partial charge in [0.2, 0.25) is 5.91 Å². The standard InChI is InChI=1S/C17H19NO4S/c1-22-15-7-3-5-13(11-15)9-10-17(19)18-14-6-4-8-16(12-14)23(2,20)21/h3-8,11-12H,9-10H2,1-2H3,(H,18,19). The number of anilines is 1. The van der Waals surface area contributed by atoms with Gasteiger partial charge in [-0.3, -0.25) is 4.79 Å². The van der Waals surface area contributed by atoms with Gasteiger partial charge in [-0.1, -0.05) is 18.2 Å². The first-order valence-electron chi connectivity index (χ1n) is 7.11. The SMILES string of the molecule is COc1cccc(CCC(=O)Nc2cccc(S(C)(=O)=O)c2)c1. The van der Waals surface area contributed by atoms with Gasteiger partial charge in [0, 0.05) is 18.4 Å². The number of benzene rings is 2. The van der Waals surface area contributed by atoms with Crippen molar-refractivity contribution in [3.05, 3.63) is 54.1 Å². The van der Waals surface area contributed by atoms with E-state index in [4.69, 9.17) is 4.74 Å². The summed E-state index contributed by atoms with van der Waals surface area (Å²) in [5.74, 6) is 0.585. The molecule has 2 aromatic rings. The Balaban J connectivity index is 1.97. The molecular weight excluding hydrogens is 314 g/mol. The zero-order valence-electron chi connectivity index (χ0n) is 13.1. The minimum absolute atomic E-state index is 0.168. The lowest BCUT2D eigenvalue weighted by Crippen LogP contribution is -2.12. The Morgan fingerprint density at radius 3 is 2.57 bits per heavy atom. The van der Waals surface area contributed by atoms with Gasteiger partial charge >= 0.3 is 0 Å². The summed E-state index contributed by atoms with van der Waals surface area (Å²) < 4.78 is 28.2. The molecule has 0 bridgehead atoms. The van der Waals surface area contributed by atoms with E-state index in [0.717, 1.165) is 17.6 Å². The van der Waals surface area contributed by atoms with Gasteiger partial charge in [0.1, 0.15) is 5.75 Å². The molecule has 0 aliphatic carbocycles. The maximum Gasteiger partial charge on any atom is 0.224 e. The molecule has 0 heterocycles. The topological polar surface area (TPSA) is 72.5 Å². The van der Waals surface area contributed by atoms with Crippen LogP contribution in [0.5, 0.6) is 5.75 Å². The Bertz CT molecular complexity index is 800. The summed E-state index contributed by atoms with van der Waals surface area (Å²) in [7, 11) is -1.69. The second-order valence-electron chi connectivity index (χ2n) is 5.20. The van der Waals surface area contributed by atoms with E-state index in [9.17, 15) is 13.2 Å². The van der Waals surface area contributed by atoms with Gasteiger partial charge in [-0.05, 0) is 42.3 Å². The highest BCUT2D eigenvalue weighted by atomic mass is 32.2. The fraction of sp³-hybridized carbons (Fsp3) is 0.235. The number of carbonyl (C=O) groups excluding carboxylic acids is 1. The van der Waals surface area contributed by atoms with E-state index in [2.05, 4.69) is 5.32 Å². The lowest BCUT2D eigenvalue weighted by Gasteiger charge is -2.07. The van der Waals surface area contributed by atoms with Crippen LogP contribution in [0, 0.1) is 0 Å². The number of hydrogen-bond acceptors (Lipinski definition) is 4. The molecule has 1 N–H and O–H groups in total. The average molecular weight is 333 g/mol. The third kappa shape index (κ3) is 5.10. The van der Waals surface area contributed by atoms with Crippen molar-refractivity contribution in [2.24, 2.45) is 0 Å². The molecule has 0 atom stereocenters. The molecule has 23 heavy (non-hydrogen) atoms. The van der Waals surface area contributed by atoms with Crippen LogP contribution in [0.2, 0.25) is 0 Å². The van der Waals surface area contributed by atoms with Gasteiger partial charge in [-0.15, -0.1) is 0 Å². The Kier molecular flexibility index (Phi) is 5.39. The van der Waals surface area contributed by atoms with Crippen LogP contribution in [0.3, 0.4) is 0 Å². The molecule has 6 heteroatoms. The van der Waals surface area contributed by atoms with E-state index in [-0.39, 0.29) is 10.8 Å². The van der Waals surface area contributed by atoms with E-state index < -0.39 is 9.84 Å². The van der Waals surface area contributed by atoms with Crippen molar-refractivity contribution < 1.29 is 17.9 Å². The van der Waals surface area contributed by atoms with Crippen LogP contribution in [0.25, 0.3) is 0 Å². The Morgan fingerprint density at radius 2 is 1.87 bits per heavy atom. The van der Waals surface area contributed by atoms with Crippen LogP contribution in [0.1, 0.15) is 12.0 Å². The molecule has 1 amide bonds. The average Bonchev–Trinajstić information content (AvgIpc) is 2.52. The van der Waals surface area contributed by atoms with Gasteiger partial charge in [-0.2, -0.15) is 0 Å². The number of sulfone groups is 1. The summed E-state index contributed by atoms with van der Waals surface area (Å²) in [6.07, 6.45) is 2.02. The minimum Gasteiger partial charge on any atom is -0.497 e. The summed E-state index contributed by atoms with van der Waals surface area (Å²) in [6, 6.07) is 13.8. The predicted octanol–water partition coefficient (Wildman–Crippen LogP) is 2.67. The molecule has 0 fully saturated rings. The highest BCUT2D eigenvalue weighted by molar-refractivity contribution is 7.90. The van der Waals surface area contributed by atoms with E-state index in [0.29, 0.717) is 18.5 Å². The lowest BCUT2D eigenvalue weighted by atomic mass is 10.1. The van der Waals surface area contributed by atoms with Crippen LogP contribution in [0.4, 0.5) is 5.69 Å².